The molecule has 0 heterocycles. The average Bonchev–Trinajstić information content (AvgIpc) is 2.47. The standard InChI is InChI=1S/C16H25O2.2C4H9.Al/c1-15(2,3)17-11-13-8-7-9-14(10-13)12-18-16(4,5)6;2*1-4(2)3;/h7-9H,11-12H2,1-6H3;2*4H,1H2,2-3H3;. The fraction of sp³-hybridized carbons (Fsp3) is 0.750. The van der Waals surface area contributed by atoms with E-state index in [1.54, 1.807) is 4.43 Å². The summed E-state index contributed by atoms with van der Waals surface area (Å²) in [4.78, 5) is 0. The largest absolute Gasteiger partial charge is 0.371 e. The minimum Gasteiger partial charge on any atom is -0.371 e. The van der Waals surface area contributed by atoms with Gasteiger partial charge in [0.25, 0.3) is 0 Å². The van der Waals surface area contributed by atoms with Crippen molar-refractivity contribution in [3.05, 3.63) is 29.3 Å². The number of rotatable bonds is 9. The van der Waals surface area contributed by atoms with Crippen molar-refractivity contribution in [3.63, 3.8) is 0 Å². The minimum absolute atomic E-state index is 0.123. The highest BCUT2D eigenvalue weighted by molar-refractivity contribution is 6.74. The molecule has 0 aliphatic heterocycles. The van der Waals surface area contributed by atoms with Gasteiger partial charge in [-0.25, -0.2) is 0 Å². The molecule has 1 rings (SSSR count). The Balaban J connectivity index is 3.31. The van der Waals surface area contributed by atoms with Crippen LogP contribution >= 0.6 is 0 Å². The Morgan fingerprint density at radius 2 is 1.11 bits per heavy atom. The van der Waals surface area contributed by atoms with E-state index in [1.807, 2.05) is 0 Å². The second-order valence-corrected chi connectivity index (χ2v) is 13.7. The Bertz CT molecular complexity index is 518. The molecular weight excluding hydrogens is 347 g/mol. The Labute approximate surface area is 173 Å². The van der Waals surface area contributed by atoms with Crippen LogP contribution in [0.4, 0.5) is 0 Å². The SMILES string of the molecule is CC(C)[CH2][Al]([CH2]C(C)C)[c]1c(COC(C)(C)C)cccc1COC(C)(C)C. The van der Waals surface area contributed by atoms with E-state index < -0.39 is 14.1 Å². The van der Waals surface area contributed by atoms with Crippen LogP contribution < -0.4 is 4.43 Å². The van der Waals surface area contributed by atoms with Crippen molar-refractivity contribution >= 4 is 18.6 Å². The lowest BCUT2D eigenvalue weighted by Gasteiger charge is -2.27. The smallest absolute Gasteiger partial charge is 0.307 e. The zero-order chi connectivity index (χ0) is 20.8. The monoisotopic (exact) mass is 390 g/mol. The molecule has 0 bridgehead atoms. The van der Waals surface area contributed by atoms with E-state index in [4.69, 9.17) is 9.47 Å². The van der Waals surface area contributed by atoms with Crippen LogP contribution in [0.3, 0.4) is 0 Å². The molecule has 1 aromatic rings. The molecule has 2 nitrogen and oxygen atoms in total. The van der Waals surface area contributed by atoms with Gasteiger partial charge in [0.15, 0.2) is 0 Å². The fourth-order valence-corrected chi connectivity index (χ4v) is 7.85. The topological polar surface area (TPSA) is 18.5 Å². The van der Waals surface area contributed by atoms with E-state index in [2.05, 4.69) is 87.4 Å². The van der Waals surface area contributed by atoms with Crippen LogP contribution in [-0.4, -0.2) is 25.4 Å². The zero-order valence-electron chi connectivity index (χ0n) is 19.6. The van der Waals surface area contributed by atoms with Crippen molar-refractivity contribution < 1.29 is 9.47 Å². The van der Waals surface area contributed by atoms with Crippen LogP contribution in [0.15, 0.2) is 18.2 Å². The molecule has 0 aromatic heterocycles. The van der Waals surface area contributed by atoms with Crippen LogP contribution in [0.5, 0.6) is 0 Å². The van der Waals surface area contributed by atoms with Gasteiger partial charge in [0.1, 0.15) is 0 Å². The van der Waals surface area contributed by atoms with Gasteiger partial charge in [0.2, 0.25) is 0 Å². The van der Waals surface area contributed by atoms with Crippen LogP contribution in [0.1, 0.15) is 80.4 Å². The average molecular weight is 391 g/mol. The molecular formula is C24H43AlO2. The summed E-state index contributed by atoms with van der Waals surface area (Å²) in [5.41, 5.74) is 2.53. The normalized spacial score (nSPS) is 12.9. The first kappa shape index (κ1) is 24.7. The highest BCUT2D eigenvalue weighted by Crippen LogP contribution is 2.21. The molecule has 0 radical (unpaired) electrons. The summed E-state index contributed by atoms with van der Waals surface area (Å²) in [7, 11) is 0. The molecule has 27 heavy (non-hydrogen) atoms. The van der Waals surface area contributed by atoms with E-state index in [1.165, 1.54) is 21.7 Å². The van der Waals surface area contributed by atoms with Crippen molar-refractivity contribution in [3.8, 4) is 0 Å². The summed E-state index contributed by atoms with van der Waals surface area (Å²) in [6, 6.07) is 6.74. The summed E-state index contributed by atoms with van der Waals surface area (Å²) < 4.78 is 14.0. The summed E-state index contributed by atoms with van der Waals surface area (Å²) in [6.45, 7) is 23.6. The van der Waals surface area contributed by atoms with Crippen molar-refractivity contribution in [2.75, 3.05) is 0 Å². The van der Waals surface area contributed by atoms with Crippen LogP contribution in [-0.2, 0) is 22.7 Å². The molecule has 0 unspecified atom stereocenters. The molecule has 0 saturated carbocycles. The van der Waals surface area contributed by atoms with Crippen molar-refractivity contribution in [1.29, 1.82) is 0 Å². The first-order valence-electron chi connectivity index (χ1n) is 10.7. The third kappa shape index (κ3) is 10.1. The highest BCUT2D eigenvalue weighted by atomic mass is 27.2. The minimum atomic E-state index is -1.12. The number of hydrogen-bond acceptors (Lipinski definition) is 2. The predicted molar refractivity (Wildman–Crippen MR) is 120 cm³/mol. The molecule has 0 spiro atoms. The Kier molecular flexibility index (Phi) is 9.56. The van der Waals surface area contributed by atoms with Crippen molar-refractivity contribution in [1.82, 2.24) is 0 Å². The highest BCUT2D eigenvalue weighted by Gasteiger charge is 2.28. The van der Waals surface area contributed by atoms with Gasteiger partial charge in [0.05, 0.1) is 24.4 Å². The third-order valence-electron chi connectivity index (χ3n) is 4.53. The van der Waals surface area contributed by atoms with E-state index in [-0.39, 0.29) is 11.2 Å². The fourth-order valence-electron chi connectivity index (χ4n) is 3.50. The van der Waals surface area contributed by atoms with Crippen molar-refractivity contribution in [2.24, 2.45) is 11.8 Å². The van der Waals surface area contributed by atoms with Crippen LogP contribution in [0.2, 0.25) is 10.6 Å². The lowest BCUT2D eigenvalue weighted by Crippen LogP contribution is -2.39. The van der Waals surface area contributed by atoms with Gasteiger partial charge in [-0.2, -0.15) is 0 Å². The van der Waals surface area contributed by atoms with Gasteiger partial charge in [-0.15, -0.1) is 0 Å². The summed E-state index contributed by atoms with van der Waals surface area (Å²) in [5, 5.41) is 2.68. The van der Waals surface area contributed by atoms with Crippen molar-refractivity contribution in [2.45, 2.75) is 104 Å². The van der Waals surface area contributed by atoms with Crippen LogP contribution in [0, 0.1) is 11.8 Å². The quantitative estimate of drug-likeness (QED) is 0.459. The third-order valence-corrected chi connectivity index (χ3v) is 9.11. The van der Waals surface area contributed by atoms with Gasteiger partial charge in [-0.3, -0.25) is 0 Å². The molecule has 0 amide bonds. The van der Waals surface area contributed by atoms with Gasteiger partial charge >= 0.3 is 14.1 Å². The maximum Gasteiger partial charge on any atom is 0.307 e. The molecule has 3 heteroatoms. The molecule has 0 N–H and O–H groups in total. The lowest BCUT2D eigenvalue weighted by molar-refractivity contribution is -0.0164. The summed E-state index contributed by atoms with van der Waals surface area (Å²) in [5.74, 6) is 1.46. The van der Waals surface area contributed by atoms with Gasteiger partial charge in [-0.1, -0.05) is 72.7 Å². The van der Waals surface area contributed by atoms with E-state index in [0.29, 0.717) is 13.2 Å². The second-order valence-electron chi connectivity index (χ2n) is 10.7. The van der Waals surface area contributed by atoms with Gasteiger partial charge in [0, 0.05) is 0 Å². The summed E-state index contributed by atoms with van der Waals surface area (Å²) in [6.07, 6.45) is 0. The van der Waals surface area contributed by atoms with Crippen LogP contribution in [0.25, 0.3) is 0 Å². The van der Waals surface area contributed by atoms with E-state index in [0.717, 1.165) is 11.8 Å². The molecule has 0 fully saturated rings. The maximum atomic E-state index is 6.20. The van der Waals surface area contributed by atoms with Gasteiger partial charge < -0.3 is 9.47 Å². The first-order chi connectivity index (χ1) is 12.3. The number of hydrogen-bond donors (Lipinski definition) is 0. The molecule has 0 aliphatic rings. The molecule has 154 valence electrons. The number of ether oxygens (including phenoxy) is 2. The Hall–Kier alpha value is -0.328. The second kappa shape index (κ2) is 10.4. The zero-order valence-corrected chi connectivity index (χ0v) is 20.8. The van der Waals surface area contributed by atoms with E-state index in [9.17, 15) is 0 Å². The predicted octanol–water partition coefficient (Wildman–Crippen LogP) is 6.33. The molecule has 0 atom stereocenters. The Morgan fingerprint density at radius 3 is 1.41 bits per heavy atom. The molecule has 1 aromatic carbocycles. The van der Waals surface area contributed by atoms with Gasteiger partial charge in [-0.05, 0) is 52.7 Å². The maximum absolute atomic E-state index is 6.20. The van der Waals surface area contributed by atoms with E-state index >= 15 is 0 Å². The molecule has 0 saturated heterocycles. The Morgan fingerprint density at radius 1 is 0.741 bits per heavy atom. The summed E-state index contributed by atoms with van der Waals surface area (Å²) >= 11 is -1.12. The lowest BCUT2D eigenvalue weighted by atomic mass is 10.1. The number of benzene rings is 1. The first-order valence-corrected chi connectivity index (χ1v) is 12.9. The molecule has 0 aliphatic carbocycles.